The molecule has 2 unspecified atom stereocenters. The number of Topliss-reactive ketones (excluding diaryl/α,β-unsaturated/α-hetero) is 1. The van der Waals surface area contributed by atoms with E-state index in [1.165, 1.54) is 30.4 Å². The van der Waals surface area contributed by atoms with Crippen LogP contribution in [0.5, 0.6) is 11.5 Å². The highest BCUT2D eigenvalue weighted by atomic mass is 16.5. The van der Waals surface area contributed by atoms with Crippen LogP contribution in [-0.2, 0) is 4.79 Å². The lowest BCUT2D eigenvalue weighted by Crippen LogP contribution is -2.47. The van der Waals surface area contributed by atoms with E-state index in [2.05, 4.69) is 40.7 Å². The van der Waals surface area contributed by atoms with Crippen LogP contribution in [0.4, 0.5) is 0 Å². The largest absolute Gasteiger partial charge is 0.507 e. The molecule has 3 rings (SSSR count). The fraction of sp³-hybridized carbons (Fsp3) is 0.625. The van der Waals surface area contributed by atoms with Gasteiger partial charge in [0, 0.05) is 30.2 Å². The summed E-state index contributed by atoms with van der Waals surface area (Å²) >= 11 is 0. The number of ketones is 1. The Labute approximate surface area is 163 Å². The van der Waals surface area contributed by atoms with Gasteiger partial charge in [0.25, 0.3) is 0 Å². The van der Waals surface area contributed by atoms with Crippen molar-refractivity contribution in [3.63, 3.8) is 0 Å². The predicted molar refractivity (Wildman–Crippen MR) is 110 cm³/mol. The standard InChI is InChI=1S/C24H34O3/c1-6-7-8-9-15(2)16(3)17-12-21(26)23-19-14-18(25)10-11-20(19)24(4,5)27-22(23)13-17/h12-13,19-20,26H,6-11,14H2,1-5H3. The van der Waals surface area contributed by atoms with Crippen LogP contribution in [-0.4, -0.2) is 16.5 Å². The second kappa shape index (κ2) is 7.69. The number of allylic oxidation sites excluding steroid dienone is 2. The van der Waals surface area contributed by atoms with Crippen LogP contribution < -0.4 is 4.74 Å². The van der Waals surface area contributed by atoms with Crippen molar-refractivity contribution in [1.29, 1.82) is 0 Å². The number of rotatable bonds is 5. The third-order valence-electron chi connectivity index (χ3n) is 6.65. The van der Waals surface area contributed by atoms with E-state index in [0.717, 1.165) is 29.7 Å². The molecule has 1 aromatic rings. The van der Waals surface area contributed by atoms with Crippen LogP contribution >= 0.6 is 0 Å². The molecule has 1 heterocycles. The highest BCUT2D eigenvalue weighted by Crippen LogP contribution is 2.54. The Morgan fingerprint density at radius 1 is 1.26 bits per heavy atom. The third kappa shape index (κ3) is 3.93. The predicted octanol–water partition coefficient (Wildman–Crippen LogP) is 6.39. The van der Waals surface area contributed by atoms with Gasteiger partial charge in [0.05, 0.1) is 0 Å². The summed E-state index contributed by atoms with van der Waals surface area (Å²) in [5, 5.41) is 10.9. The van der Waals surface area contributed by atoms with Gasteiger partial charge in [0.15, 0.2) is 0 Å². The fourth-order valence-electron chi connectivity index (χ4n) is 4.86. The van der Waals surface area contributed by atoms with Gasteiger partial charge < -0.3 is 9.84 Å². The molecule has 0 amide bonds. The Morgan fingerprint density at radius 2 is 2.00 bits per heavy atom. The summed E-state index contributed by atoms with van der Waals surface area (Å²) in [6.45, 7) is 10.8. The molecular formula is C24H34O3. The molecule has 1 aromatic carbocycles. The van der Waals surface area contributed by atoms with Crippen molar-refractivity contribution < 1.29 is 14.6 Å². The lowest BCUT2D eigenvalue weighted by molar-refractivity contribution is -0.124. The van der Waals surface area contributed by atoms with E-state index in [1.807, 2.05) is 6.07 Å². The Morgan fingerprint density at radius 3 is 2.70 bits per heavy atom. The Kier molecular flexibility index (Phi) is 5.69. The van der Waals surface area contributed by atoms with Crippen molar-refractivity contribution in [2.45, 2.75) is 91.1 Å². The van der Waals surface area contributed by atoms with E-state index < -0.39 is 0 Å². The average molecular weight is 371 g/mol. The maximum absolute atomic E-state index is 12.1. The lowest BCUT2D eigenvalue weighted by atomic mass is 9.66. The van der Waals surface area contributed by atoms with E-state index >= 15 is 0 Å². The Balaban J connectivity index is 1.98. The number of carbonyl (C=O) groups is 1. The van der Waals surface area contributed by atoms with Crippen LogP contribution in [0, 0.1) is 5.92 Å². The first-order chi connectivity index (χ1) is 12.7. The average Bonchev–Trinajstić information content (AvgIpc) is 2.59. The molecule has 3 heteroatoms. The molecular weight excluding hydrogens is 336 g/mol. The smallest absolute Gasteiger partial charge is 0.133 e. The SMILES string of the molecule is CCCCCC(C)=C(C)c1cc(O)c2c(c1)OC(C)(C)C1CCC(=O)CC21. The summed E-state index contributed by atoms with van der Waals surface area (Å²) in [6, 6.07) is 3.94. The van der Waals surface area contributed by atoms with Crippen LogP contribution in [0.1, 0.15) is 96.6 Å². The van der Waals surface area contributed by atoms with Gasteiger partial charge in [0.1, 0.15) is 22.9 Å². The number of hydrogen-bond acceptors (Lipinski definition) is 3. The molecule has 0 saturated heterocycles. The maximum atomic E-state index is 12.1. The van der Waals surface area contributed by atoms with E-state index in [0.29, 0.717) is 18.6 Å². The lowest BCUT2D eigenvalue weighted by Gasteiger charge is -2.47. The van der Waals surface area contributed by atoms with Crippen molar-refractivity contribution in [2.75, 3.05) is 0 Å². The number of phenols is 1. The maximum Gasteiger partial charge on any atom is 0.133 e. The summed E-state index contributed by atoms with van der Waals surface area (Å²) < 4.78 is 6.38. The van der Waals surface area contributed by atoms with E-state index in [4.69, 9.17) is 4.74 Å². The van der Waals surface area contributed by atoms with Crippen molar-refractivity contribution >= 4 is 11.4 Å². The van der Waals surface area contributed by atoms with Gasteiger partial charge in [0.2, 0.25) is 0 Å². The molecule has 1 saturated carbocycles. The first-order valence-electron chi connectivity index (χ1n) is 10.5. The number of phenolic OH excluding ortho intramolecular Hbond substituents is 1. The summed E-state index contributed by atoms with van der Waals surface area (Å²) in [4.78, 5) is 12.1. The summed E-state index contributed by atoms with van der Waals surface area (Å²) in [7, 11) is 0. The van der Waals surface area contributed by atoms with Gasteiger partial charge in [-0.2, -0.15) is 0 Å². The van der Waals surface area contributed by atoms with Gasteiger partial charge in [-0.1, -0.05) is 25.3 Å². The number of carbonyl (C=O) groups excluding carboxylic acids is 1. The number of ether oxygens (including phenoxy) is 1. The summed E-state index contributed by atoms with van der Waals surface area (Å²) in [5.74, 6) is 1.67. The molecule has 1 N–H and O–H groups in total. The fourth-order valence-corrected chi connectivity index (χ4v) is 4.86. The highest BCUT2D eigenvalue weighted by Gasteiger charge is 2.47. The normalized spacial score (nSPS) is 24.6. The molecule has 27 heavy (non-hydrogen) atoms. The number of aromatic hydroxyl groups is 1. The molecule has 1 aliphatic heterocycles. The molecule has 0 spiro atoms. The van der Waals surface area contributed by atoms with Crippen molar-refractivity contribution in [1.82, 2.24) is 0 Å². The minimum atomic E-state index is -0.322. The molecule has 148 valence electrons. The molecule has 2 atom stereocenters. The van der Waals surface area contributed by atoms with Gasteiger partial charge in [-0.15, -0.1) is 0 Å². The van der Waals surface area contributed by atoms with Crippen LogP contribution in [0.15, 0.2) is 17.7 Å². The number of unbranched alkanes of at least 4 members (excludes halogenated alkanes) is 2. The number of fused-ring (bicyclic) bond motifs is 3. The van der Waals surface area contributed by atoms with Crippen LogP contribution in [0.2, 0.25) is 0 Å². The first-order valence-corrected chi connectivity index (χ1v) is 10.5. The van der Waals surface area contributed by atoms with Crippen LogP contribution in [0.25, 0.3) is 5.57 Å². The zero-order valence-corrected chi connectivity index (χ0v) is 17.5. The van der Waals surface area contributed by atoms with Gasteiger partial charge >= 0.3 is 0 Å². The molecule has 2 aliphatic rings. The number of benzene rings is 1. The quantitative estimate of drug-likeness (QED) is 0.611. The molecule has 3 nitrogen and oxygen atoms in total. The molecule has 0 radical (unpaired) electrons. The zero-order valence-electron chi connectivity index (χ0n) is 17.5. The topological polar surface area (TPSA) is 46.5 Å². The van der Waals surface area contributed by atoms with Gasteiger partial charge in [-0.25, -0.2) is 0 Å². The van der Waals surface area contributed by atoms with Crippen molar-refractivity contribution in [3.05, 3.63) is 28.8 Å². The second-order valence-corrected chi connectivity index (χ2v) is 8.97. The summed E-state index contributed by atoms with van der Waals surface area (Å²) in [5.41, 5.74) is 4.12. The van der Waals surface area contributed by atoms with Gasteiger partial charge in [-0.3, -0.25) is 4.79 Å². The molecule has 1 fully saturated rings. The number of hydrogen-bond donors (Lipinski definition) is 1. The molecule has 0 aromatic heterocycles. The molecule has 0 bridgehead atoms. The van der Waals surface area contributed by atoms with Gasteiger partial charge in [-0.05, 0) is 70.2 Å². The third-order valence-corrected chi connectivity index (χ3v) is 6.65. The first kappa shape index (κ1) is 20.0. The van der Waals surface area contributed by atoms with E-state index in [1.54, 1.807) is 0 Å². The monoisotopic (exact) mass is 370 g/mol. The van der Waals surface area contributed by atoms with E-state index in [-0.39, 0.29) is 23.2 Å². The Hall–Kier alpha value is -1.77. The van der Waals surface area contributed by atoms with Crippen molar-refractivity contribution in [2.24, 2.45) is 5.92 Å². The minimum Gasteiger partial charge on any atom is -0.507 e. The van der Waals surface area contributed by atoms with Crippen molar-refractivity contribution in [3.8, 4) is 11.5 Å². The van der Waals surface area contributed by atoms with Crippen LogP contribution in [0.3, 0.4) is 0 Å². The highest BCUT2D eigenvalue weighted by molar-refractivity contribution is 5.81. The minimum absolute atomic E-state index is 0.0639. The summed E-state index contributed by atoms with van der Waals surface area (Å²) in [6.07, 6.45) is 6.73. The second-order valence-electron chi connectivity index (χ2n) is 8.97. The zero-order chi connectivity index (χ0) is 19.8. The molecule has 1 aliphatic carbocycles. The van der Waals surface area contributed by atoms with E-state index in [9.17, 15) is 9.90 Å². The Bertz CT molecular complexity index is 757.